The minimum Gasteiger partial charge on any atom is -0.294 e. The van der Waals surface area contributed by atoms with Gasteiger partial charge < -0.3 is 0 Å². The molecule has 3 heteroatoms. The normalized spacial score (nSPS) is 10.5. The van der Waals surface area contributed by atoms with Gasteiger partial charge in [-0.15, -0.1) is 0 Å². The van der Waals surface area contributed by atoms with E-state index >= 15 is 0 Å². The van der Waals surface area contributed by atoms with Crippen LogP contribution in [0.2, 0.25) is 0 Å². The molecule has 19 heavy (non-hydrogen) atoms. The first-order chi connectivity index (χ1) is 9.08. The monoisotopic (exact) mass is 317 g/mol. The molecular formula is C16H16BrNO. The van der Waals surface area contributed by atoms with Crippen molar-refractivity contribution < 1.29 is 4.79 Å². The highest BCUT2D eigenvalue weighted by Crippen LogP contribution is 2.17. The maximum absolute atomic E-state index is 12.2. The minimum atomic E-state index is 0.0983. The van der Waals surface area contributed by atoms with Crippen molar-refractivity contribution in [1.29, 1.82) is 0 Å². The molecule has 0 spiro atoms. The van der Waals surface area contributed by atoms with E-state index in [0.29, 0.717) is 6.42 Å². The van der Waals surface area contributed by atoms with Crippen LogP contribution in [0, 0.1) is 6.92 Å². The molecule has 0 fully saturated rings. The summed E-state index contributed by atoms with van der Waals surface area (Å²) in [6.45, 7) is 4.07. The molecular weight excluding hydrogens is 302 g/mol. The maximum Gasteiger partial charge on any atom is 0.168 e. The third kappa shape index (κ3) is 3.74. The number of ketones is 1. The maximum atomic E-state index is 12.2. The smallest absolute Gasteiger partial charge is 0.168 e. The summed E-state index contributed by atoms with van der Waals surface area (Å²) in [5, 5.41) is 0. The van der Waals surface area contributed by atoms with Crippen molar-refractivity contribution in [3.05, 3.63) is 63.4 Å². The topological polar surface area (TPSA) is 30.0 Å². The second-order valence-corrected chi connectivity index (χ2v) is 5.54. The zero-order valence-electron chi connectivity index (χ0n) is 11.1. The van der Waals surface area contributed by atoms with Crippen LogP contribution in [0.1, 0.15) is 34.1 Å². The van der Waals surface area contributed by atoms with Gasteiger partial charge in [-0.05, 0) is 48.7 Å². The van der Waals surface area contributed by atoms with E-state index in [1.165, 1.54) is 5.56 Å². The van der Waals surface area contributed by atoms with Gasteiger partial charge in [0.1, 0.15) is 0 Å². The van der Waals surface area contributed by atoms with Crippen LogP contribution in [-0.4, -0.2) is 10.8 Å². The molecule has 0 unspecified atom stereocenters. The van der Waals surface area contributed by atoms with Crippen LogP contribution in [0.25, 0.3) is 0 Å². The van der Waals surface area contributed by atoms with E-state index in [-0.39, 0.29) is 5.78 Å². The zero-order chi connectivity index (χ0) is 13.8. The van der Waals surface area contributed by atoms with Crippen molar-refractivity contribution in [2.75, 3.05) is 0 Å². The van der Waals surface area contributed by atoms with Gasteiger partial charge in [-0.25, -0.2) is 0 Å². The van der Waals surface area contributed by atoms with Crippen molar-refractivity contribution >= 4 is 21.7 Å². The molecule has 0 N–H and O–H groups in total. The van der Waals surface area contributed by atoms with Gasteiger partial charge in [-0.2, -0.15) is 0 Å². The van der Waals surface area contributed by atoms with Crippen LogP contribution in [0.4, 0.5) is 0 Å². The number of rotatable bonds is 4. The third-order valence-corrected chi connectivity index (χ3v) is 3.46. The van der Waals surface area contributed by atoms with Crippen LogP contribution >= 0.6 is 15.9 Å². The van der Waals surface area contributed by atoms with Crippen LogP contribution in [0.3, 0.4) is 0 Å². The largest absolute Gasteiger partial charge is 0.294 e. The quantitative estimate of drug-likeness (QED) is 0.793. The number of hydrogen-bond donors (Lipinski definition) is 0. The third-order valence-electron chi connectivity index (χ3n) is 3.00. The highest BCUT2D eigenvalue weighted by molar-refractivity contribution is 9.10. The number of nitrogens with zero attached hydrogens (tertiary/aromatic N) is 1. The van der Waals surface area contributed by atoms with Crippen LogP contribution in [-0.2, 0) is 12.8 Å². The summed E-state index contributed by atoms with van der Waals surface area (Å²) in [6, 6.07) is 9.72. The molecule has 1 heterocycles. The summed E-state index contributed by atoms with van der Waals surface area (Å²) in [5.74, 6) is 0.0983. The Morgan fingerprint density at radius 2 is 2.05 bits per heavy atom. The first kappa shape index (κ1) is 13.9. The van der Waals surface area contributed by atoms with E-state index in [0.717, 1.165) is 27.7 Å². The molecule has 0 aliphatic carbocycles. The molecule has 0 amide bonds. The lowest BCUT2D eigenvalue weighted by Crippen LogP contribution is -2.05. The molecule has 1 aromatic carbocycles. The van der Waals surface area contributed by atoms with Crippen molar-refractivity contribution in [1.82, 2.24) is 4.98 Å². The van der Waals surface area contributed by atoms with Crippen LogP contribution < -0.4 is 0 Å². The van der Waals surface area contributed by atoms with Gasteiger partial charge in [0, 0.05) is 21.9 Å². The zero-order valence-corrected chi connectivity index (χ0v) is 12.7. The highest BCUT2D eigenvalue weighted by Gasteiger charge is 2.09. The van der Waals surface area contributed by atoms with Crippen molar-refractivity contribution in [3.8, 4) is 0 Å². The fraction of sp³-hybridized carbons (Fsp3) is 0.250. The number of pyridine rings is 1. The van der Waals surface area contributed by atoms with Crippen molar-refractivity contribution in [3.63, 3.8) is 0 Å². The van der Waals surface area contributed by atoms with E-state index in [2.05, 4.69) is 27.8 Å². The van der Waals surface area contributed by atoms with Crippen LogP contribution in [0.15, 0.2) is 41.0 Å². The number of aryl methyl sites for hydroxylation is 2. The van der Waals surface area contributed by atoms with Gasteiger partial charge >= 0.3 is 0 Å². The van der Waals surface area contributed by atoms with Gasteiger partial charge in [-0.3, -0.25) is 9.78 Å². The first-order valence-electron chi connectivity index (χ1n) is 6.32. The molecule has 98 valence electrons. The Hall–Kier alpha value is -1.48. The van der Waals surface area contributed by atoms with Crippen molar-refractivity contribution in [2.45, 2.75) is 26.7 Å². The van der Waals surface area contributed by atoms with E-state index in [1.807, 2.05) is 43.5 Å². The Labute approximate surface area is 122 Å². The van der Waals surface area contributed by atoms with E-state index in [1.54, 1.807) is 0 Å². The van der Waals surface area contributed by atoms with Crippen molar-refractivity contribution in [2.24, 2.45) is 0 Å². The predicted octanol–water partition coefficient (Wildman–Crippen LogP) is 4.14. The Morgan fingerprint density at radius 3 is 2.63 bits per heavy atom. The lowest BCUT2D eigenvalue weighted by molar-refractivity contribution is 0.0992. The highest BCUT2D eigenvalue weighted by atomic mass is 79.9. The van der Waals surface area contributed by atoms with Gasteiger partial charge in [0.25, 0.3) is 0 Å². The Bertz CT molecular complexity index is 570. The van der Waals surface area contributed by atoms with E-state index < -0.39 is 0 Å². The molecule has 0 aliphatic heterocycles. The predicted molar refractivity (Wildman–Crippen MR) is 80.5 cm³/mol. The van der Waals surface area contributed by atoms with Gasteiger partial charge in [-0.1, -0.05) is 28.9 Å². The Balaban J connectivity index is 2.15. The molecule has 0 atom stereocenters. The fourth-order valence-corrected chi connectivity index (χ4v) is 2.54. The summed E-state index contributed by atoms with van der Waals surface area (Å²) < 4.78 is 0.935. The average Bonchev–Trinajstić information content (AvgIpc) is 2.38. The summed E-state index contributed by atoms with van der Waals surface area (Å²) >= 11 is 3.42. The molecule has 2 rings (SSSR count). The van der Waals surface area contributed by atoms with E-state index in [4.69, 9.17) is 0 Å². The lowest BCUT2D eigenvalue weighted by atomic mass is 10.0. The number of carbonyl (C=O) groups is 1. The Kier molecular flexibility index (Phi) is 4.48. The van der Waals surface area contributed by atoms with E-state index in [9.17, 15) is 4.79 Å². The molecule has 1 aromatic heterocycles. The second-order valence-electron chi connectivity index (χ2n) is 4.63. The number of halogens is 1. The Morgan fingerprint density at radius 1 is 1.26 bits per heavy atom. The molecule has 0 radical (unpaired) electrons. The molecule has 0 bridgehead atoms. The van der Waals surface area contributed by atoms with Gasteiger partial charge in [0.15, 0.2) is 5.78 Å². The summed E-state index contributed by atoms with van der Waals surface area (Å²) in [5.41, 5.74) is 3.81. The first-order valence-corrected chi connectivity index (χ1v) is 7.12. The SMILES string of the molecule is CCc1ccc(CC(=O)c2cc(C)cc(Br)c2)nc1. The summed E-state index contributed by atoms with van der Waals surface area (Å²) in [7, 11) is 0. The molecule has 0 saturated heterocycles. The van der Waals surface area contributed by atoms with Gasteiger partial charge in [0.2, 0.25) is 0 Å². The number of carbonyl (C=O) groups excluding carboxylic acids is 1. The minimum absolute atomic E-state index is 0.0983. The standard InChI is InChI=1S/C16H16BrNO/c1-3-12-4-5-15(18-10-12)9-16(19)13-6-11(2)7-14(17)8-13/h4-8,10H,3,9H2,1-2H3. The fourth-order valence-electron chi connectivity index (χ4n) is 1.93. The molecule has 2 nitrogen and oxygen atoms in total. The molecule has 2 aromatic rings. The molecule has 0 aliphatic rings. The average molecular weight is 318 g/mol. The number of hydrogen-bond acceptors (Lipinski definition) is 2. The number of aromatic nitrogens is 1. The lowest BCUT2D eigenvalue weighted by Gasteiger charge is -2.04. The van der Waals surface area contributed by atoms with Gasteiger partial charge in [0.05, 0.1) is 6.42 Å². The molecule has 0 saturated carbocycles. The summed E-state index contributed by atoms with van der Waals surface area (Å²) in [4.78, 5) is 16.5. The number of benzene rings is 1. The number of Topliss-reactive ketones (excluding diaryl/α,β-unsaturated/α-hetero) is 1. The van der Waals surface area contributed by atoms with Crippen LogP contribution in [0.5, 0.6) is 0 Å². The summed E-state index contributed by atoms with van der Waals surface area (Å²) in [6.07, 6.45) is 3.15. The second kappa shape index (κ2) is 6.11.